The Labute approximate surface area is 127 Å². The summed E-state index contributed by atoms with van der Waals surface area (Å²) in [7, 11) is 0. The predicted octanol–water partition coefficient (Wildman–Crippen LogP) is 3.08. The lowest BCUT2D eigenvalue weighted by atomic mass is 10.1. The maximum absolute atomic E-state index is 12.6. The Bertz CT molecular complexity index is 490. The topological polar surface area (TPSA) is 61.4 Å². The zero-order valence-corrected chi connectivity index (χ0v) is 12.6. The average molecular weight is 318 g/mol. The second kappa shape index (κ2) is 8.03. The molecule has 4 nitrogen and oxygen atoms in total. The third kappa shape index (κ3) is 6.34. The van der Waals surface area contributed by atoms with Crippen molar-refractivity contribution in [2.24, 2.45) is 5.92 Å². The number of alkyl halides is 3. The van der Waals surface area contributed by atoms with Gasteiger partial charge in [-0.05, 0) is 30.0 Å². The SMILES string of the molecule is CC(C)CCNC(=O)NCC(O)c1cccc(C(F)(F)F)c1. The van der Waals surface area contributed by atoms with Gasteiger partial charge in [0, 0.05) is 13.1 Å². The second-order valence-electron chi connectivity index (χ2n) is 5.46. The Morgan fingerprint density at radius 2 is 1.95 bits per heavy atom. The Hall–Kier alpha value is -1.76. The Morgan fingerprint density at radius 1 is 1.27 bits per heavy atom. The van der Waals surface area contributed by atoms with Crippen molar-refractivity contribution in [3.05, 3.63) is 35.4 Å². The Kier molecular flexibility index (Phi) is 6.67. The maximum atomic E-state index is 12.6. The summed E-state index contributed by atoms with van der Waals surface area (Å²) in [5.74, 6) is 0.455. The minimum atomic E-state index is -4.46. The zero-order valence-electron chi connectivity index (χ0n) is 12.6. The van der Waals surface area contributed by atoms with Gasteiger partial charge in [0.2, 0.25) is 0 Å². The first-order chi connectivity index (χ1) is 10.2. The van der Waals surface area contributed by atoms with E-state index in [2.05, 4.69) is 10.6 Å². The van der Waals surface area contributed by atoms with E-state index in [-0.39, 0.29) is 12.1 Å². The molecule has 124 valence electrons. The summed E-state index contributed by atoms with van der Waals surface area (Å²) in [6.45, 7) is 4.39. The molecule has 0 aromatic heterocycles. The summed E-state index contributed by atoms with van der Waals surface area (Å²) >= 11 is 0. The van der Waals surface area contributed by atoms with Crippen LogP contribution in [0.15, 0.2) is 24.3 Å². The van der Waals surface area contributed by atoms with E-state index in [1.54, 1.807) is 0 Å². The summed E-state index contributed by atoms with van der Waals surface area (Å²) in [6.07, 6.45) is -4.83. The first-order valence-corrected chi connectivity index (χ1v) is 7.07. The summed E-state index contributed by atoms with van der Waals surface area (Å²) in [4.78, 5) is 11.5. The van der Waals surface area contributed by atoms with Crippen LogP contribution < -0.4 is 10.6 Å². The molecule has 0 saturated carbocycles. The molecule has 0 radical (unpaired) electrons. The number of benzene rings is 1. The van der Waals surface area contributed by atoms with Crippen LogP contribution in [0, 0.1) is 5.92 Å². The highest BCUT2D eigenvalue weighted by molar-refractivity contribution is 5.73. The Balaban J connectivity index is 2.48. The molecule has 0 heterocycles. The number of rotatable bonds is 6. The van der Waals surface area contributed by atoms with E-state index in [4.69, 9.17) is 0 Å². The molecule has 0 saturated heterocycles. The number of aliphatic hydroxyl groups is 1. The summed E-state index contributed by atoms with van der Waals surface area (Å²) in [5, 5.41) is 14.9. The number of carbonyl (C=O) groups is 1. The monoisotopic (exact) mass is 318 g/mol. The normalized spacial score (nSPS) is 13.0. The molecule has 0 fully saturated rings. The van der Waals surface area contributed by atoms with Gasteiger partial charge in [-0.15, -0.1) is 0 Å². The van der Waals surface area contributed by atoms with E-state index >= 15 is 0 Å². The van der Waals surface area contributed by atoms with E-state index in [0.717, 1.165) is 18.6 Å². The van der Waals surface area contributed by atoms with Crippen molar-refractivity contribution in [2.75, 3.05) is 13.1 Å². The minimum Gasteiger partial charge on any atom is -0.387 e. The van der Waals surface area contributed by atoms with Crippen LogP contribution in [0.1, 0.15) is 37.5 Å². The van der Waals surface area contributed by atoms with Crippen LogP contribution >= 0.6 is 0 Å². The van der Waals surface area contributed by atoms with Crippen molar-refractivity contribution < 1.29 is 23.1 Å². The van der Waals surface area contributed by atoms with E-state index in [9.17, 15) is 23.1 Å². The average Bonchev–Trinajstić information content (AvgIpc) is 2.43. The highest BCUT2D eigenvalue weighted by atomic mass is 19.4. The molecule has 0 bridgehead atoms. The van der Waals surface area contributed by atoms with Crippen molar-refractivity contribution >= 4 is 6.03 Å². The van der Waals surface area contributed by atoms with Gasteiger partial charge in [-0.25, -0.2) is 4.79 Å². The van der Waals surface area contributed by atoms with Crippen LogP contribution in [-0.4, -0.2) is 24.2 Å². The first kappa shape index (κ1) is 18.3. The first-order valence-electron chi connectivity index (χ1n) is 7.07. The fraction of sp³-hybridized carbons (Fsp3) is 0.533. The smallest absolute Gasteiger partial charge is 0.387 e. The zero-order chi connectivity index (χ0) is 16.8. The minimum absolute atomic E-state index is 0.109. The molecule has 3 N–H and O–H groups in total. The van der Waals surface area contributed by atoms with Gasteiger partial charge in [0.15, 0.2) is 0 Å². The fourth-order valence-electron chi connectivity index (χ4n) is 1.77. The number of aliphatic hydroxyl groups excluding tert-OH is 1. The molecule has 1 aromatic carbocycles. The standard InChI is InChI=1S/C15H21F3N2O2/c1-10(2)6-7-19-14(22)20-9-13(21)11-4-3-5-12(8-11)15(16,17)18/h3-5,8,10,13,21H,6-7,9H2,1-2H3,(H2,19,20,22). The van der Waals surface area contributed by atoms with Crippen LogP contribution in [0.4, 0.5) is 18.0 Å². The molecule has 2 amide bonds. The quantitative estimate of drug-likeness (QED) is 0.755. The van der Waals surface area contributed by atoms with Gasteiger partial charge in [0.05, 0.1) is 11.7 Å². The van der Waals surface area contributed by atoms with Crippen molar-refractivity contribution in [2.45, 2.75) is 32.5 Å². The molecule has 1 atom stereocenters. The third-order valence-electron chi connectivity index (χ3n) is 3.06. The maximum Gasteiger partial charge on any atom is 0.416 e. The van der Waals surface area contributed by atoms with Crippen LogP contribution in [0.25, 0.3) is 0 Å². The lowest BCUT2D eigenvalue weighted by molar-refractivity contribution is -0.137. The van der Waals surface area contributed by atoms with Crippen molar-refractivity contribution in [3.63, 3.8) is 0 Å². The number of halogens is 3. The number of hydrogen-bond donors (Lipinski definition) is 3. The summed E-state index contributed by atoms with van der Waals surface area (Å²) in [5.41, 5.74) is -0.720. The van der Waals surface area contributed by atoms with Crippen LogP contribution in [-0.2, 0) is 6.18 Å². The van der Waals surface area contributed by atoms with E-state index < -0.39 is 23.9 Å². The Morgan fingerprint density at radius 3 is 2.55 bits per heavy atom. The van der Waals surface area contributed by atoms with Crippen LogP contribution in [0.2, 0.25) is 0 Å². The van der Waals surface area contributed by atoms with Gasteiger partial charge < -0.3 is 15.7 Å². The highest BCUT2D eigenvalue weighted by Crippen LogP contribution is 2.30. The molecule has 0 aliphatic rings. The molecular formula is C15H21F3N2O2. The number of nitrogens with one attached hydrogen (secondary N) is 2. The number of amides is 2. The predicted molar refractivity (Wildman–Crippen MR) is 77.3 cm³/mol. The largest absolute Gasteiger partial charge is 0.416 e. The molecule has 0 aliphatic carbocycles. The van der Waals surface area contributed by atoms with Crippen LogP contribution in [0.3, 0.4) is 0 Å². The van der Waals surface area contributed by atoms with Gasteiger partial charge in [0.25, 0.3) is 0 Å². The molecule has 1 rings (SSSR count). The van der Waals surface area contributed by atoms with Gasteiger partial charge >= 0.3 is 12.2 Å². The van der Waals surface area contributed by atoms with Gasteiger partial charge in [-0.3, -0.25) is 0 Å². The molecule has 1 aromatic rings. The number of urea groups is 1. The third-order valence-corrected chi connectivity index (χ3v) is 3.06. The van der Waals surface area contributed by atoms with Gasteiger partial charge in [-0.1, -0.05) is 26.0 Å². The second-order valence-corrected chi connectivity index (χ2v) is 5.46. The molecule has 22 heavy (non-hydrogen) atoms. The van der Waals surface area contributed by atoms with Gasteiger partial charge in [0.1, 0.15) is 0 Å². The number of hydrogen-bond acceptors (Lipinski definition) is 2. The lowest BCUT2D eigenvalue weighted by Crippen LogP contribution is -2.38. The van der Waals surface area contributed by atoms with E-state index in [1.807, 2.05) is 13.8 Å². The molecule has 0 spiro atoms. The van der Waals surface area contributed by atoms with Crippen molar-refractivity contribution in [1.82, 2.24) is 10.6 Å². The summed E-state index contributed by atoms with van der Waals surface area (Å²) < 4.78 is 37.8. The van der Waals surface area contributed by atoms with E-state index in [0.29, 0.717) is 12.5 Å². The fourth-order valence-corrected chi connectivity index (χ4v) is 1.77. The molecule has 7 heteroatoms. The lowest BCUT2D eigenvalue weighted by Gasteiger charge is -2.15. The van der Waals surface area contributed by atoms with Crippen LogP contribution in [0.5, 0.6) is 0 Å². The van der Waals surface area contributed by atoms with Crippen molar-refractivity contribution in [1.29, 1.82) is 0 Å². The van der Waals surface area contributed by atoms with Gasteiger partial charge in [-0.2, -0.15) is 13.2 Å². The van der Waals surface area contributed by atoms with Crippen molar-refractivity contribution in [3.8, 4) is 0 Å². The molecule has 0 aliphatic heterocycles. The molecule has 1 unspecified atom stereocenters. The molecular weight excluding hydrogens is 297 g/mol. The van der Waals surface area contributed by atoms with E-state index in [1.165, 1.54) is 12.1 Å². The highest BCUT2D eigenvalue weighted by Gasteiger charge is 2.30. The summed E-state index contributed by atoms with van der Waals surface area (Å²) in [6, 6.07) is 3.97. The number of carbonyl (C=O) groups excluding carboxylic acids is 1.